The topological polar surface area (TPSA) is 64.6 Å². The van der Waals surface area contributed by atoms with Crippen LogP contribution in [0.25, 0.3) is 0 Å². The number of amides is 1. The van der Waals surface area contributed by atoms with E-state index in [2.05, 4.69) is 17.4 Å². The normalized spacial score (nSPS) is 27.7. The minimum atomic E-state index is -0.311. The number of nitrogens with one attached hydrogen (secondary N) is 1. The van der Waals surface area contributed by atoms with Crippen LogP contribution < -0.4 is 10.1 Å². The van der Waals surface area contributed by atoms with Crippen molar-refractivity contribution in [2.24, 2.45) is 17.8 Å². The Labute approximate surface area is 189 Å². The lowest BCUT2D eigenvalue weighted by atomic mass is 9.48. The van der Waals surface area contributed by atoms with Crippen molar-refractivity contribution in [1.82, 2.24) is 0 Å². The quantitative estimate of drug-likeness (QED) is 0.632. The van der Waals surface area contributed by atoms with Gasteiger partial charge in [0.25, 0.3) is 5.91 Å². The van der Waals surface area contributed by atoms with Gasteiger partial charge in [0.05, 0.1) is 13.5 Å². The zero-order chi connectivity index (χ0) is 22.1. The minimum absolute atomic E-state index is 0.0576. The van der Waals surface area contributed by atoms with Crippen molar-refractivity contribution in [3.8, 4) is 5.75 Å². The summed E-state index contributed by atoms with van der Waals surface area (Å²) in [5.74, 6) is 2.94. The summed E-state index contributed by atoms with van der Waals surface area (Å²) in [6, 6.07) is 15.7. The summed E-state index contributed by atoms with van der Waals surface area (Å²) in [4.78, 5) is 23.8. The number of benzene rings is 2. The number of hydrogen-bond acceptors (Lipinski definition) is 4. The molecule has 5 heteroatoms. The van der Waals surface area contributed by atoms with Crippen LogP contribution in [-0.4, -0.2) is 25.6 Å². The number of hydrogen-bond donors (Lipinski definition) is 1. The van der Waals surface area contributed by atoms with E-state index in [1.807, 2.05) is 18.2 Å². The van der Waals surface area contributed by atoms with E-state index in [1.54, 1.807) is 18.2 Å². The van der Waals surface area contributed by atoms with Crippen LogP contribution in [0.5, 0.6) is 5.75 Å². The fourth-order valence-corrected chi connectivity index (χ4v) is 6.71. The van der Waals surface area contributed by atoms with Gasteiger partial charge < -0.3 is 14.8 Å². The molecular formula is C27H31NO4. The van der Waals surface area contributed by atoms with Crippen molar-refractivity contribution in [3.63, 3.8) is 0 Å². The highest BCUT2D eigenvalue weighted by Gasteiger charge is 2.51. The molecular weight excluding hydrogens is 402 g/mol. The van der Waals surface area contributed by atoms with E-state index in [4.69, 9.17) is 9.47 Å². The van der Waals surface area contributed by atoms with E-state index in [0.717, 1.165) is 23.3 Å². The Bertz CT molecular complexity index is 962. The first-order valence-electron chi connectivity index (χ1n) is 11.7. The lowest BCUT2D eigenvalue weighted by Crippen LogP contribution is -2.48. The predicted octanol–water partition coefficient (Wildman–Crippen LogP) is 4.89. The zero-order valence-corrected chi connectivity index (χ0v) is 18.6. The van der Waals surface area contributed by atoms with Crippen molar-refractivity contribution < 1.29 is 19.1 Å². The third kappa shape index (κ3) is 4.38. The lowest BCUT2D eigenvalue weighted by Gasteiger charge is -2.57. The SMILES string of the molecule is COC(=O)Cc1cccc(NC(=O)COc2ccc(C34CC5CC(CC(C5)C3)C4)cc2)c1. The van der Waals surface area contributed by atoms with Crippen LogP contribution in [0.1, 0.15) is 49.7 Å². The van der Waals surface area contributed by atoms with Gasteiger partial charge in [-0.1, -0.05) is 24.3 Å². The summed E-state index contributed by atoms with van der Waals surface area (Å²) in [7, 11) is 1.36. The van der Waals surface area contributed by atoms with Crippen molar-refractivity contribution in [1.29, 1.82) is 0 Å². The van der Waals surface area contributed by atoms with Crippen LogP contribution in [0.15, 0.2) is 48.5 Å². The fourth-order valence-electron chi connectivity index (χ4n) is 6.71. The monoisotopic (exact) mass is 433 g/mol. The van der Waals surface area contributed by atoms with Crippen molar-refractivity contribution in [3.05, 3.63) is 59.7 Å². The first-order valence-corrected chi connectivity index (χ1v) is 11.7. The van der Waals surface area contributed by atoms with Crippen LogP contribution in [0.4, 0.5) is 5.69 Å². The van der Waals surface area contributed by atoms with E-state index in [9.17, 15) is 9.59 Å². The highest BCUT2D eigenvalue weighted by Crippen LogP contribution is 2.60. The molecule has 4 aliphatic carbocycles. The van der Waals surface area contributed by atoms with Gasteiger partial charge in [-0.25, -0.2) is 0 Å². The molecule has 1 amide bonds. The number of carbonyl (C=O) groups is 2. The van der Waals surface area contributed by atoms with Crippen LogP contribution in [0, 0.1) is 17.8 Å². The van der Waals surface area contributed by atoms with Crippen LogP contribution >= 0.6 is 0 Å². The van der Waals surface area contributed by atoms with E-state index in [1.165, 1.54) is 51.2 Å². The van der Waals surface area contributed by atoms with E-state index in [-0.39, 0.29) is 24.9 Å². The molecule has 4 saturated carbocycles. The zero-order valence-electron chi connectivity index (χ0n) is 18.6. The van der Waals surface area contributed by atoms with Gasteiger partial charge in [0.1, 0.15) is 5.75 Å². The van der Waals surface area contributed by atoms with E-state index in [0.29, 0.717) is 16.9 Å². The van der Waals surface area contributed by atoms with Crippen molar-refractivity contribution in [2.45, 2.75) is 50.4 Å². The second kappa shape index (κ2) is 8.61. The lowest BCUT2D eigenvalue weighted by molar-refractivity contribution is -0.139. The largest absolute Gasteiger partial charge is 0.484 e. The molecule has 1 N–H and O–H groups in total. The van der Waals surface area contributed by atoms with Gasteiger partial charge >= 0.3 is 5.97 Å². The summed E-state index contributed by atoms with van der Waals surface area (Å²) in [5.41, 5.74) is 3.25. The summed E-state index contributed by atoms with van der Waals surface area (Å²) in [6.07, 6.45) is 8.54. The van der Waals surface area contributed by atoms with Gasteiger partial charge in [0, 0.05) is 5.69 Å². The summed E-state index contributed by atoms with van der Waals surface area (Å²) in [6.45, 7) is -0.0576. The molecule has 2 aromatic rings. The second-order valence-corrected chi connectivity index (χ2v) is 10.0. The maximum Gasteiger partial charge on any atom is 0.309 e. The second-order valence-electron chi connectivity index (χ2n) is 10.0. The predicted molar refractivity (Wildman–Crippen MR) is 123 cm³/mol. The Morgan fingerprint density at radius 1 is 0.969 bits per heavy atom. The molecule has 2 aromatic carbocycles. The fraction of sp³-hybridized carbons (Fsp3) is 0.481. The van der Waals surface area contributed by atoms with Crippen LogP contribution in [0.3, 0.4) is 0 Å². The highest BCUT2D eigenvalue weighted by atomic mass is 16.5. The average Bonchev–Trinajstić information content (AvgIpc) is 2.77. The summed E-state index contributed by atoms with van der Waals surface area (Å²) >= 11 is 0. The molecule has 0 saturated heterocycles. The number of rotatable bonds is 7. The average molecular weight is 434 g/mol. The maximum atomic E-state index is 12.3. The Hall–Kier alpha value is -2.82. The highest BCUT2D eigenvalue weighted by molar-refractivity contribution is 5.92. The minimum Gasteiger partial charge on any atom is -0.484 e. The number of methoxy groups -OCH3 is 1. The molecule has 0 unspecified atom stereocenters. The van der Waals surface area contributed by atoms with Gasteiger partial charge in [-0.2, -0.15) is 0 Å². The molecule has 0 spiro atoms. The molecule has 4 fully saturated rings. The molecule has 0 heterocycles. The van der Waals surface area contributed by atoms with Gasteiger partial charge in [-0.15, -0.1) is 0 Å². The third-order valence-corrected chi connectivity index (χ3v) is 7.66. The van der Waals surface area contributed by atoms with Gasteiger partial charge in [0.2, 0.25) is 0 Å². The molecule has 4 bridgehead atoms. The van der Waals surface area contributed by atoms with Crippen molar-refractivity contribution in [2.75, 3.05) is 19.0 Å². The number of ether oxygens (including phenoxy) is 2. The number of anilines is 1. The Balaban J connectivity index is 1.16. The van der Waals surface area contributed by atoms with Crippen LogP contribution in [0.2, 0.25) is 0 Å². The van der Waals surface area contributed by atoms with E-state index < -0.39 is 0 Å². The first-order chi connectivity index (χ1) is 15.5. The molecule has 168 valence electrons. The first kappa shape index (κ1) is 21.0. The third-order valence-electron chi connectivity index (χ3n) is 7.66. The standard InChI is InChI=1S/C27H31NO4/c1-31-26(30)13-18-3-2-4-23(12-18)28-25(29)17-32-24-7-5-22(6-8-24)27-14-19-9-20(15-27)11-21(10-19)16-27/h2-8,12,19-21H,9-11,13-17H2,1H3,(H,28,29). The van der Waals surface area contributed by atoms with Crippen LogP contribution in [-0.2, 0) is 26.2 Å². The summed E-state index contributed by atoms with van der Waals surface area (Å²) < 4.78 is 10.4. The van der Waals surface area contributed by atoms with E-state index >= 15 is 0 Å². The Kier molecular flexibility index (Phi) is 5.66. The van der Waals surface area contributed by atoms with Gasteiger partial charge in [0.15, 0.2) is 6.61 Å². The molecule has 0 radical (unpaired) electrons. The maximum absolute atomic E-state index is 12.3. The molecule has 32 heavy (non-hydrogen) atoms. The molecule has 4 aliphatic rings. The Morgan fingerprint density at radius 2 is 1.62 bits per heavy atom. The smallest absolute Gasteiger partial charge is 0.309 e. The molecule has 0 aromatic heterocycles. The molecule has 6 rings (SSSR count). The summed E-state index contributed by atoms with van der Waals surface area (Å²) in [5, 5.41) is 2.83. The van der Waals surface area contributed by atoms with Crippen molar-refractivity contribution >= 4 is 17.6 Å². The molecule has 5 nitrogen and oxygen atoms in total. The van der Waals surface area contributed by atoms with Gasteiger partial charge in [-0.3, -0.25) is 9.59 Å². The number of esters is 1. The molecule has 0 atom stereocenters. The van der Waals surface area contributed by atoms with Gasteiger partial charge in [-0.05, 0) is 97.1 Å². The number of carbonyl (C=O) groups excluding carboxylic acids is 2. The Morgan fingerprint density at radius 3 is 2.25 bits per heavy atom. The molecule has 0 aliphatic heterocycles.